The molecule has 1 amide bonds. The molecule has 0 bridgehead atoms. The highest BCUT2D eigenvalue weighted by Gasteiger charge is 2.32. The number of rotatable bonds is 9. The summed E-state index contributed by atoms with van der Waals surface area (Å²) in [6, 6.07) is 4.56. The fourth-order valence-electron chi connectivity index (χ4n) is 3.81. The number of ketones is 1. The van der Waals surface area contributed by atoms with Crippen molar-refractivity contribution < 1.29 is 23.5 Å². The van der Waals surface area contributed by atoms with Crippen LogP contribution >= 0.6 is 0 Å². The number of benzene rings is 1. The van der Waals surface area contributed by atoms with Crippen LogP contribution in [0.3, 0.4) is 0 Å². The number of hydrogen-bond acceptors (Lipinski definition) is 4. The Bertz CT molecular complexity index is 992. The van der Waals surface area contributed by atoms with Gasteiger partial charge in [0, 0.05) is 30.4 Å². The van der Waals surface area contributed by atoms with Gasteiger partial charge in [0.25, 0.3) is 5.91 Å². The van der Waals surface area contributed by atoms with Crippen molar-refractivity contribution in [1.82, 2.24) is 9.47 Å². The lowest BCUT2D eigenvalue weighted by atomic mass is 9.98. The Hall–Kier alpha value is -2.96. The van der Waals surface area contributed by atoms with Crippen LogP contribution in [0.1, 0.15) is 76.6 Å². The van der Waals surface area contributed by atoms with Crippen LogP contribution in [0.2, 0.25) is 0 Å². The zero-order valence-electron chi connectivity index (χ0n) is 20.0. The molecular weight excluding hydrogens is 411 g/mol. The van der Waals surface area contributed by atoms with Crippen molar-refractivity contribution in [1.29, 1.82) is 0 Å². The molecule has 0 radical (unpaired) electrons. The van der Waals surface area contributed by atoms with Gasteiger partial charge in [-0.05, 0) is 69.9 Å². The maximum Gasteiger partial charge on any atom is 0.355 e. The number of hydrogen-bond donors (Lipinski definition) is 0. The van der Waals surface area contributed by atoms with Gasteiger partial charge in [-0.2, -0.15) is 0 Å². The molecule has 0 saturated carbocycles. The highest BCUT2D eigenvalue weighted by atomic mass is 19.1. The summed E-state index contributed by atoms with van der Waals surface area (Å²) < 4.78 is 20.2. The van der Waals surface area contributed by atoms with Crippen LogP contribution in [-0.2, 0) is 11.8 Å². The third-order valence-electron chi connectivity index (χ3n) is 5.79. The van der Waals surface area contributed by atoms with Crippen LogP contribution in [-0.4, -0.2) is 46.3 Å². The van der Waals surface area contributed by atoms with Crippen LogP contribution in [0.4, 0.5) is 4.39 Å². The second kappa shape index (κ2) is 10.6. The van der Waals surface area contributed by atoms with E-state index in [9.17, 15) is 18.8 Å². The number of esters is 1. The molecule has 0 saturated heterocycles. The summed E-state index contributed by atoms with van der Waals surface area (Å²) in [6.07, 6.45) is 0.714. The van der Waals surface area contributed by atoms with E-state index in [4.69, 9.17) is 4.74 Å². The molecule has 0 aliphatic rings. The van der Waals surface area contributed by atoms with Crippen molar-refractivity contribution in [3.05, 3.63) is 58.2 Å². The average Bonchev–Trinajstić information content (AvgIpc) is 2.96. The Balaban J connectivity index is 2.45. The SMILES string of the molecule is CCOC(=O)c1c(C)c(C(=O)[C@@H](C)N(CCC(C)C)C(=O)c2ccc(F)cc2)c(C)n1C. The van der Waals surface area contributed by atoms with Crippen LogP contribution in [0, 0.1) is 25.6 Å². The molecule has 6 nitrogen and oxygen atoms in total. The molecule has 1 aromatic carbocycles. The van der Waals surface area contributed by atoms with Crippen molar-refractivity contribution in [2.45, 2.75) is 54.0 Å². The van der Waals surface area contributed by atoms with Gasteiger partial charge in [0.05, 0.1) is 12.6 Å². The molecule has 0 spiro atoms. The summed E-state index contributed by atoms with van der Waals surface area (Å²) in [7, 11) is 1.72. The minimum Gasteiger partial charge on any atom is -0.461 e. The van der Waals surface area contributed by atoms with Crippen LogP contribution in [0.25, 0.3) is 0 Å². The van der Waals surface area contributed by atoms with Gasteiger partial charge < -0.3 is 14.2 Å². The van der Waals surface area contributed by atoms with Crippen molar-refractivity contribution >= 4 is 17.7 Å². The Morgan fingerprint density at radius 2 is 1.69 bits per heavy atom. The van der Waals surface area contributed by atoms with E-state index < -0.39 is 17.8 Å². The summed E-state index contributed by atoms with van der Waals surface area (Å²) in [4.78, 5) is 40.8. The van der Waals surface area contributed by atoms with Gasteiger partial charge in [-0.1, -0.05) is 13.8 Å². The molecule has 1 atom stereocenters. The van der Waals surface area contributed by atoms with Gasteiger partial charge in [0.1, 0.15) is 11.5 Å². The van der Waals surface area contributed by atoms with Crippen molar-refractivity contribution in [3.63, 3.8) is 0 Å². The Labute approximate surface area is 189 Å². The summed E-state index contributed by atoms with van der Waals surface area (Å²) >= 11 is 0. The molecule has 174 valence electrons. The van der Waals surface area contributed by atoms with E-state index in [2.05, 4.69) is 0 Å². The lowest BCUT2D eigenvalue weighted by Gasteiger charge is -2.29. The zero-order chi connectivity index (χ0) is 24.2. The number of ether oxygens (including phenoxy) is 1. The first-order chi connectivity index (χ1) is 15.0. The maximum absolute atomic E-state index is 13.6. The highest BCUT2D eigenvalue weighted by Crippen LogP contribution is 2.25. The van der Waals surface area contributed by atoms with Crippen molar-refractivity contribution in [2.75, 3.05) is 13.2 Å². The first-order valence-electron chi connectivity index (χ1n) is 10.9. The molecule has 0 aliphatic carbocycles. The van der Waals surface area contributed by atoms with Gasteiger partial charge in [0.2, 0.25) is 0 Å². The predicted molar refractivity (Wildman–Crippen MR) is 122 cm³/mol. The van der Waals surface area contributed by atoms with Gasteiger partial charge >= 0.3 is 5.97 Å². The first-order valence-corrected chi connectivity index (χ1v) is 10.9. The largest absolute Gasteiger partial charge is 0.461 e. The third-order valence-corrected chi connectivity index (χ3v) is 5.79. The number of carbonyl (C=O) groups is 3. The van der Waals surface area contributed by atoms with E-state index in [0.717, 1.165) is 0 Å². The molecule has 2 aromatic rings. The Kier molecular flexibility index (Phi) is 8.36. The fourth-order valence-corrected chi connectivity index (χ4v) is 3.81. The Morgan fingerprint density at radius 3 is 2.22 bits per heavy atom. The van der Waals surface area contributed by atoms with Gasteiger partial charge in [-0.3, -0.25) is 9.59 Å². The lowest BCUT2D eigenvalue weighted by molar-refractivity contribution is 0.0513. The number of halogens is 1. The Morgan fingerprint density at radius 1 is 1.09 bits per heavy atom. The number of carbonyl (C=O) groups excluding carboxylic acids is 3. The first kappa shape index (κ1) is 25.3. The minimum atomic E-state index is -0.763. The molecular formula is C25H33FN2O4. The standard InChI is InChI=1S/C25H33FN2O4/c1-8-32-25(31)22-16(4)21(17(5)27(22)7)23(29)18(6)28(14-13-15(2)3)24(30)19-9-11-20(26)12-10-19/h9-12,15,18H,8,13-14H2,1-7H3/t18-/m1/s1. The number of aromatic nitrogens is 1. The average molecular weight is 445 g/mol. The summed E-state index contributed by atoms with van der Waals surface area (Å²) in [5.74, 6) is -1.16. The molecule has 1 aromatic heterocycles. The second-order valence-electron chi connectivity index (χ2n) is 8.44. The lowest BCUT2D eigenvalue weighted by Crippen LogP contribution is -2.44. The monoisotopic (exact) mass is 444 g/mol. The highest BCUT2D eigenvalue weighted by molar-refractivity contribution is 6.07. The molecule has 0 N–H and O–H groups in total. The number of amides is 1. The molecule has 1 heterocycles. The summed E-state index contributed by atoms with van der Waals surface area (Å²) in [5.41, 5.74) is 2.25. The van der Waals surface area contributed by atoms with Crippen molar-refractivity contribution in [2.24, 2.45) is 13.0 Å². The molecule has 2 rings (SSSR count). The number of nitrogens with zero attached hydrogens (tertiary/aromatic N) is 2. The van der Waals surface area contributed by atoms with E-state index in [1.165, 1.54) is 29.2 Å². The molecule has 0 aliphatic heterocycles. The number of Topliss-reactive ketones (excluding diaryl/α,β-unsaturated/α-hetero) is 1. The normalized spacial score (nSPS) is 12.0. The van der Waals surface area contributed by atoms with E-state index in [1.807, 2.05) is 13.8 Å². The maximum atomic E-state index is 13.6. The van der Waals surface area contributed by atoms with Crippen LogP contribution < -0.4 is 0 Å². The van der Waals surface area contributed by atoms with E-state index in [-0.39, 0.29) is 18.3 Å². The smallest absolute Gasteiger partial charge is 0.355 e. The van der Waals surface area contributed by atoms with Crippen LogP contribution in [0.15, 0.2) is 24.3 Å². The van der Waals surface area contributed by atoms with Crippen molar-refractivity contribution in [3.8, 4) is 0 Å². The van der Waals surface area contributed by atoms with E-state index in [1.54, 1.807) is 39.3 Å². The van der Waals surface area contributed by atoms with Gasteiger partial charge in [-0.25, -0.2) is 9.18 Å². The molecule has 0 fully saturated rings. The second-order valence-corrected chi connectivity index (χ2v) is 8.44. The predicted octanol–water partition coefficient (Wildman–Crippen LogP) is 4.72. The topological polar surface area (TPSA) is 68.6 Å². The minimum absolute atomic E-state index is 0.233. The summed E-state index contributed by atoms with van der Waals surface area (Å²) in [5, 5.41) is 0. The third kappa shape index (κ3) is 5.26. The molecule has 0 unspecified atom stereocenters. The fraction of sp³-hybridized carbons (Fsp3) is 0.480. The van der Waals surface area contributed by atoms with Gasteiger partial charge in [0.15, 0.2) is 5.78 Å². The van der Waals surface area contributed by atoms with Crippen LogP contribution in [0.5, 0.6) is 0 Å². The van der Waals surface area contributed by atoms with E-state index >= 15 is 0 Å². The zero-order valence-corrected chi connectivity index (χ0v) is 20.0. The summed E-state index contributed by atoms with van der Waals surface area (Å²) in [6.45, 7) is 11.6. The van der Waals surface area contributed by atoms with E-state index in [0.29, 0.717) is 47.0 Å². The molecule has 32 heavy (non-hydrogen) atoms. The van der Waals surface area contributed by atoms with Gasteiger partial charge in [-0.15, -0.1) is 0 Å². The quantitative estimate of drug-likeness (QED) is 0.415. The molecule has 7 heteroatoms.